The van der Waals surface area contributed by atoms with E-state index < -0.39 is 29.3 Å². The maximum absolute atomic E-state index is 10.1. The van der Waals surface area contributed by atoms with E-state index in [0.29, 0.717) is 6.42 Å². The number of hydrogen-bond acceptors (Lipinski definition) is 4. The Balaban J connectivity index is 2.44. The van der Waals surface area contributed by atoms with Crippen LogP contribution in [0.2, 0.25) is 0 Å². The first-order chi connectivity index (χ1) is 6.38. The van der Waals surface area contributed by atoms with E-state index >= 15 is 0 Å². The fraction of sp³-hybridized carbons (Fsp3) is 0.800. The minimum Gasteiger partial charge on any atom is -0.392 e. The molecule has 4 heteroatoms. The van der Waals surface area contributed by atoms with E-state index in [4.69, 9.17) is 0 Å². The lowest BCUT2D eigenvalue weighted by molar-refractivity contribution is -0.118. The lowest BCUT2D eigenvalue weighted by Crippen LogP contribution is -2.52. The van der Waals surface area contributed by atoms with Crippen molar-refractivity contribution in [3.8, 4) is 0 Å². The highest BCUT2D eigenvalue weighted by Crippen LogP contribution is 2.48. The highest BCUT2D eigenvalue weighted by Gasteiger charge is 2.61. The summed E-state index contributed by atoms with van der Waals surface area (Å²) in [4.78, 5) is 0. The number of fused-ring (bicyclic) bond motifs is 1. The molecule has 5 atom stereocenters. The van der Waals surface area contributed by atoms with E-state index in [-0.39, 0.29) is 6.42 Å². The van der Waals surface area contributed by atoms with Gasteiger partial charge in [-0.1, -0.05) is 12.2 Å². The summed E-state index contributed by atoms with van der Waals surface area (Å²) in [5, 5.41) is 39.5. The lowest BCUT2D eigenvalue weighted by atomic mass is 9.75. The topological polar surface area (TPSA) is 80.9 Å². The summed E-state index contributed by atoms with van der Waals surface area (Å²) in [7, 11) is 0. The Kier molecular flexibility index (Phi) is 2.02. The molecule has 4 N–H and O–H groups in total. The lowest BCUT2D eigenvalue weighted by Gasteiger charge is -2.39. The fourth-order valence-corrected chi connectivity index (χ4v) is 2.86. The first-order valence-electron chi connectivity index (χ1n) is 4.86. The second-order valence-corrected chi connectivity index (χ2v) is 4.65. The highest BCUT2D eigenvalue weighted by atomic mass is 16.4. The largest absolute Gasteiger partial charge is 0.392 e. The van der Waals surface area contributed by atoms with Gasteiger partial charge in [0.25, 0.3) is 0 Å². The molecule has 1 fully saturated rings. The summed E-state index contributed by atoms with van der Waals surface area (Å²) in [6.07, 6.45) is 1.85. The van der Waals surface area contributed by atoms with Gasteiger partial charge in [0.1, 0.15) is 5.60 Å². The predicted octanol–water partition coefficient (Wildman–Crippen LogP) is -0.830. The number of hydrogen-bond donors (Lipinski definition) is 4. The molecule has 0 amide bonds. The second kappa shape index (κ2) is 2.79. The third-order valence-electron chi connectivity index (χ3n) is 3.46. The molecule has 0 aromatic rings. The van der Waals surface area contributed by atoms with Crippen LogP contribution >= 0.6 is 0 Å². The number of aliphatic hydroxyl groups is 4. The minimum atomic E-state index is -1.47. The number of aliphatic hydroxyl groups excluding tert-OH is 2. The molecule has 0 bridgehead atoms. The molecule has 0 saturated heterocycles. The Morgan fingerprint density at radius 1 is 1.29 bits per heavy atom. The van der Waals surface area contributed by atoms with Gasteiger partial charge in [-0.25, -0.2) is 0 Å². The molecule has 2 aliphatic carbocycles. The van der Waals surface area contributed by atoms with E-state index in [0.717, 1.165) is 0 Å². The standard InChI is InChI=1S/C10H16O4/c1-9(13)5-7(12)10(14)4-2-3-6(11)8(9)10/h2,4,6-8,11-14H,3,5H2,1H3/t6-,7-,8-,9+,10-/m1/s1. The Morgan fingerprint density at radius 2 is 1.93 bits per heavy atom. The average Bonchev–Trinajstić information content (AvgIpc) is 2.19. The second-order valence-electron chi connectivity index (χ2n) is 4.65. The van der Waals surface area contributed by atoms with Crippen molar-refractivity contribution in [2.45, 2.75) is 43.2 Å². The summed E-state index contributed by atoms with van der Waals surface area (Å²) in [6.45, 7) is 1.54. The predicted molar refractivity (Wildman–Crippen MR) is 49.5 cm³/mol. The van der Waals surface area contributed by atoms with Gasteiger partial charge in [0, 0.05) is 12.3 Å². The summed E-state index contributed by atoms with van der Waals surface area (Å²) in [5.74, 6) is -0.699. The minimum absolute atomic E-state index is 0.0928. The first-order valence-corrected chi connectivity index (χ1v) is 4.86. The van der Waals surface area contributed by atoms with E-state index in [1.54, 1.807) is 13.0 Å². The van der Waals surface area contributed by atoms with Crippen molar-refractivity contribution in [3.05, 3.63) is 12.2 Å². The SMILES string of the molecule is C[C@]1(O)C[C@@H](O)[C@]2(O)C=CC[C@@H](O)[C@@H]21. The van der Waals surface area contributed by atoms with Crippen LogP contribution in [0.5, 0.6) is 0 Å². The van der Waals surface area contributed by atoms with Gasteiger partial charge in [-0.05, 0) is 13.3 Å². The van der Waals surface area contributed by atoms with Gasteiger partial charge in [-0.3, -0.25) is 0 Å². The maximum atomic E-state index is 10.1. The van der Waals surface area contributed by atoms with Crippen molar-refractivity contribution in [1.82, 2.24) is 0 Å². The molecule has 0 aliphatic heterocycles. The molecule has 0 aromatic carbocycles. The van der Waals surface area contributed by atoms with E-state index in [1.807, 2.05) is 0 Å². The summed E-state index contributed by atoms with van der Waals surface area (Å²) >= 11 is 0. The van der Waals surface area contributed by atoms with Crippen LogP contribution in [0.15, 0.2) is 12.2 Å². The Morgan fingerprint density at radius 3 is 2.50 bits per heavy atom. The van der Waals surface area contributed by atoms with Gasteiger partial charge in [0.05, 0.1) is 17.8 Å². The third-order valence-corrected chi connectivity index (χ3v) is 3.46. The van der Waals surface area contributed by atoms with Crippen LogP contribution in [-0.4, -0.2) is 43.8 Å². The maximum Gasteiger partial charge on any atom is 0.117 e. The molecule has 1 saturated carbocycles. The van der Waals surface area contributed by atoms with Gasteiger partial charge in [-0.15, -0.1) is 0 Å². The molecule has 0 aromatic heterocycles. The molecule has 0 spiro atoms. The Hall–Kier alpha value is -0.420. The van der Waals surface area contributed by atoms with Crippen molar-refractivity contribution in [3.63, 3.8) is 0 Å². The third kappa shape index (κ3) is 1.15. The van der Waals surface area contributed by atoms with E-state index in [1.165, 1.54) is 6.08 Å². The molecule has 2 rings (SSSR count). The zero-order valence-corrected chi connectivity index (χ0v) is 8.09. The van der Waals surface area contributed by atoms with Crippen molar-refractivity contribution >= 4 is 0 Å². The van der Waals surface area contributed by atoms with Crippen LogP contribution in [0.25, 0.3) is 0 Å². The monoisotopic (exact) mass is 200 g/mol. The van der Waals surface area contributed by atoms with Crippen LogP contribution in [0.1, 0.15) is 19.8 Å². The molecular weight excluding hydrogens is 184 g/mol. The van der Waals surface area contributed by atoms with Crippen molar-refractivity contribution in [1.29, 1.82) is 0 Å². The van der Waals surface area contributed by atoms with Gasteiger partial charge >= 0.3 is 0 Å². The molecular formula is C10H16O4. The van der Waals surface area contributed by atoms with E-state index in [2.05, 4.69) is 0 Å². The highest BCUT2D eigenvalue weighted by molar-refractivity contribution is 5.23. The van der Waals surface area contributed by atoms with Gasteiger partial charge < -0.3 is 20.4 Å². The fourth-order valence-electron chi connectivity index (χ4n) is 2.86. The summed E-state index contributed by atoms with van der Waals surface area (Å²) in [6, 6.07) is 0. The van der Waals surface area contributed by atoms with Crippen molar-refractivity contribution in [2.24, 2.45) is 5.92 Å². The van der Waals surface area contributed by atoms with Gasteiger partial charge in [-0.2, -0.15) is 0 Å². The summed E-state index contributed by atoms with van der Waals surface area (Å²) < 4.78 is 0. The molecule has 80 valence electrons. The zero-order valence-electron chi connectivity index (χ0n) is 8.09. The van der Waals surface area contributed by atoms with E-state index in [9.17, 15) is 20.4 Å². The van der Waals surface area contributed by atoms with Gasteiger partial charge in [0.15, 0.2) is 0 Å². The van der Waals surface area contributed by atoms with Crippen molar-refractivity contribution in [2.75, 3.05) is 0 Å². The first kappa shape index (κ1) is 10.1. The van der Waals surface area contributed by atoms with Gasteiger partial charge in [0.2, 0.25) is 0 Å². The average molecular weight is 200 g/mol. The molecule has 0 unspecified atom stereocenters. The number of rotatable bonds is 0. The van der Waals surface area contributed by atoms with Crippen molar-refractivity contribution < 1.29 is 20.4 Å². The normalized spacial score (nSPS) is 57.4. The Labute approximate surface area is 82.5 Å². The van der Waals surface area contributed by atoms with Crippen LogP contribution in [0.4, 0.5) is 0 Å². The zero-order chi connectivity index (χ0) is 10.6. The van der Waals surface area contributed by atoms with Crippen LogP contribution < -0.4 is 0 Å². The van der Waals surface area contributed by atoms with Crippen LogP contribution in [-0.2, 0) is 0 Å². The smallest absolute Gasteiger partial charge is 0.117 e. The molecule has 0 heterocycles. The quantitative estimate of drug-likeness (QED) is 0.385. The van der Waals surface area contributed by atoms with Crippen LogP contribution in [0, 0.1) is 5.92 Å². The molecule has 2 aliphatic rings. The Bertz CT molecular complexity index is 273. The molecule has 4 nitrogen and oxygen atoms in total. The molecule has 0 radical (unpaired) electrons. The summed E-state index contributed by atoms with van der Waals surface area (Å²) in [5.41, 5.74) is -2.68. The van der Waals surface area contributed by atoms with Crippen LogP contribution in [0.3, 0.4) is 0 Å². The molecule has 14 heavy (non-hydrogen) atoms.